The van der Waals surface area contributed by atoms with Gasteiger partial charge in [0.1, 0.15) is 5.82 Å². The monoisotopic (exact) mass is 447 g/mol. The topological polar surface area (TPSA) is 54.3 Å². The zero-order valence-electron chi connectivity index (χ0n) is 18.4. The maximum Gasteiger partial charge on any atom is 0.233 e. The highest BCUT2D eigenvalue weighted by Crippen LogP contribution is 2.40. The molecular weight excluding hydrogens is 418 g/mol. The highest BCUT2D eigenvalue weighted by Gasteiger charge is 2.31. The van der Waals surface area contributed by atoms with E-state index in [9.17, 15) is 4.79 Å². The second-order valence-corrected chi connectivity index (χ2v) is 9.51. The summed E-state index contributed by atoms with van der Waals surface area (Å²) in [4.78, 5) is 22.1. The number of benzene rings is 2. The second kappa shape index (κ2) is 9.46. The van der Waals surface area contributed by atoms with Gasteiger partial charge < -0.3 is 4.90 Å². The van der Waals surface area contributed by atoms with Crippen LogP contribution in [0.2, 0.25) is 0 Å². The van der Waals surface area contributed by atoms with Crippen LogP contribution in [0.25, 0.3) is 5.69 Å². The average molecular weight is 448 g/mol. The van der Waals surface area contributed by atoms with Gasteiger partial charge in [0.25, 0.3) is 0 Å². The smallest absolute Gasteiger partial charge is 0.233 e. The number of aromatic nitrogens is 3. The fraction of sp³-hybridized carbons (Fsp3) is 0.400. The predicted octanol–water partition coefficient (Wildman–Crippen LogP) is 4.14. The molecule has 166 valence electrons. The first-order valence-electron chi connectivity index (χ1n) is 11.4. The minimum absolute atomic E-state index is 0.172. The Balaban J connectivity index is 1.16. The number of amides is 1. The molecule has 2 heterocycles. The van der Waals surface area contributed by atoms with Crippen molar-refractivity contribution in [2.24, 2.45) is 0 Å². The Kier molecular flexibility index (Phi) is 6.28. The number of carbonyl (C=O) groups excluding carboxylic acids is 1. The average Bonchev–Trinajstić information content (AvgIpc) is 3.62. The molecule has 0 spiro atoms. The third-order valence-corrected chi connectivity index (χ3v) is 7.20. The van der Waals surface area contributed by atoms with Gasteiger partial charge in [-0.25, -0.2) is 9.67 Å². The Labute approximate surface area is 193 Å². The summed E-state index contributed by atoms with van der Waals surface area (Å²) in [5.74, 6) is 2.07. The number of hydrogen-bond acceptors (Lipinski definition) is 5. The molecule has 1 aliphatic carbocycles. The van der Waals surface area contributed by atoms with E-state index in [0.29, 0.717) is 22.9 Å². The Morgan fingerprint density at radius 1 is 1.00 bits per heavy atom. The molecule has 32 heavy (non-hydrogen) atoms. The Hall–Kier alpha value is -2.64. The molecule has 2 aliphatic rings. The molecule has 1 aliphatic heterocycles. The van der Waals surface area contributed by atoms with Crippen LogP contribution in [0.5, 0.6) is 0 Å². The molecule has 2 fully saturated rings. The Bertz CT molecular complexity index is 1040. The molecule has 1 saturated heterocycles. The normalized spacial score (nSPS) is 18.0. The molecule has 1 amide bonds. The minimum atomic E-state index is 0.172. The molecule has 5 rings (SSSR count). The fourth-order valence-electron chi connectivity index (χ4n) is 4.25. The lowest BCUT2D eigenvalue weighted by Crippen LogP contribution is -2.49. The van der Waals surface area contributed by atoms with E-state index in [1.807, 2.05) is 27.8 Å². The summed E-state index contributed by atoms with van der Waals surface area (Å²) in [5, 5.41) is 5.41. The van der Waals surface area contributed by atoms with Crippen LogP contribution in [0, 0.1) is 0 Å². The number of hydrogen-bond donors (Lipinski definition) is 0. The highest BCUT2D eigenvalue weighted by atomic mass is 32.2. The van der Waals surface area contributed by atoms with E-state index in [4.69, 9.17) is 10.1 Å². The Morgan fingerprint density at radius 3 is 2.31 bits per heavy atom. The second-order valence-electron chi connectivity index (χ2n) is 8.57. The number of para-hydroxylation sites is 1. The largest absolute Gasteiger partial charge is 0.339 e. The molecule has 3 aromatic rings. The first-order valence-corrected chi connectivity index (χ1v) is 12.4. The van der Waals surface area contributed by atoms with E-state index in [1.165, 1.54) is 30.2 Å². The molecule has 1 saturated carbocycles. The molecule has 2 aromatic carbocycles. The summed E-state index contributed by atoms with van der Waals surface area (Å²) < 4.78 is 1.95. The highest BCUT2D eigenvalue weighted by molar-refractivity contribution is 7.99. The molecule has 7 heteroatoms. The van der Waals surface area contributed by atoms with Crippen molar-refractivity contribution < 1.29 is 4.79 Å². The number of thioether (sulfide) groups is 1. The van der Waals surface area contributed by atoms with Gasteiger partial charge in [-0.2, -0.15) is 0 Å². The number of piperazine rings is 1. The summed E-state index contributed by atoms with van der Waals surface area (Å²) >= 11 is 1.45. The van der Waals surface area contributed by atoms with Gasteiger partial charge in [0.05, 0.1) is 11.4 Å². The molecule has 0 N–H and O–H groups in total. The van der Waals surface area contributed by atoms with Gasteiger partial charge in [-0.3, -0.25) is 9.69 Å². The quantitative estimate of drug-likeness (QED) is 0.510. The van der Waals surface area contributed by atoms with Gasteiger partial charge in [-0.05, 0) is 37.5 Å². The lowest BCUT2D eigenvalue weighted by molar-refractivity contribution is -0.130. The van der Waals surface area contributed by atoms with Gasteiger partial charge in [0.2, 0.25) is 11.1 Å². The predicted molar refractivity (Wildman–Crippen MR) is 127 cm³/mol. The molecule has 0 radical (unpaired) electrons. The van der Waals surface area contributed by atoms with Gasteiger partial charge in [-0.1, -0.05) is 60.3 Å². The van der Waals surface area contributed by atoms with Crippen LogP contribution in [0.3, 0.4) is 0 Å². The third kappa shape index (κ3) is 4.74. The van der Waals surface area contributed by atoms with E-state index in [2.05, 4.69) is 54.3 Å². The number of nitrogens with zero attached hydrogens (tertiary/aromatic N) is 5. The maximum atomic E-state index is 12.9. The number of rotatable bonds is 7. The van der Waals surface area contributed by atoms with Crippen LogP contribution in [0.1, 0.15) is 43.1 Å². The summed E-state index contributed by atoms with van der Waals surface area (Å²) in [6.07, 6.45) is 2.33. The standard InChI is InChI=1S/C25H29N5OS/c1-19(20-8-4-2-5-9-20)28-14-16-29(17-15-28)23(31)18-32-25-26-24(21-12-13-21)30(27-25)22-10-6-3-7-11-22/h2-11,19,21H,12-18H2,1H3/t19-/m0/s1. The van der Waals surface area contributed by atoms with Crippen molar-refractivity contribution in [3.05, 3.63) is 72.1 Å². The van der Waals surface area contributed by atoms with E-state index in [1.54, 1.807) is 0 Å². The molecule has 1 atom stereocenters. The third-order valence-electron chi connectivity index (χ3n) is 6.38. The zero-order valence-corrected chi connectivity index (χ0v) is 19.2. The minimum Gasteiger partial charge on any atom is -0.339 e. The van der Waals surface area contributed by atoms with Crippen LogP contribution in [0.15, 0.2) is 65.8 Å². The SMILES string of the molecule is C[C@@H](c1ccccc1)N1CCN(C(=O)CSc2nc(C3CC3)n(-c3ccccc3)n2)CC1. The van der Waals surface area contributed by atoms with Crippen molar-refractivity contribution >= 4 is 17.7 Å². The van der Waals surface area contributed by atoms with Crippen LogP contribution in [-0.4, -0.2) is 62.4 Å². The molecular formula is C25H29N5OS. The summed E-state index contributed by atoms with van der Waals surface area (Å²) in [5.41, 5.74) is 2.36. The fourth-order valence-corrected chi connectivity index (χ4v) is 4.98. The van der Waals surface area contributed by atoms with Crippen LogP contribution >= 0.6 is 11.8 Å². The van der Waals surface area contributed by atoms with Crippen molar-refractivity contribution in [3.8, 4) is 5.69 Å². The van der Waals surface area contributed by atoms with Gasteiger partial charge in [-0.15, -0.1) is 5.10 Å². The van der Waals surface area contributed by atoms with Crippen molar-refractivity contribution in [3.63, 3.8) is 0 Å². The first-order chi connectivity index (χ1) is 15.7. The van der Waals surface area contributed by atoms with Crippen LogP contribution in [0.4, 0.5) is 0 Å². The lowest BCUT2D eigenvalue weighted by Gasteiger charge is -2.38. The zero-order chi connectivity index (χ0) is 21.9. The lowest BCUT2D eigenvalue weighted by atomic mass is 10.1. The first kappa shape index (κ1) is 21.2. The van der Waals surface area contributed by atoms with Crippen molar-refractivity contribution in [1.29, 1.82) is 0 Å². The van der Waals surface area contributed by atoms with E-state index in [-0.39, 0.29) is 5.91 Å². The van der Waals surface area contributed by atoms with E-state index < -0.39 is 0 Å². The summed E-state index contributed by atoms with van der Waals surface area (Å²) in [7, 11) is 0. The summed E-state index contributed by atoms with van der Waals surface area (Å²) in [6, 6.07) is 21.1. The molecule has 6 nitrogen and oxygen atoms in total. The number of carbonyl (C=O) groups is 1. The molecule has 0 bridgehead atoms. The molecule has 0 unspecified atom stereocenters. The van der Waals surface area contributed by atoms with Gasteiger partial charge in [0.15, 0.2) is 0 Å². The van der Waals surface area contributed by atoms with Crippen LogP contribution < -0.4 is 0 Å². The van der Waals surface area contributed by atoms with Crippen LogP contribution in [-0.2, 0) is 4.79 Å². The van der Waals surface area contributed by atoms with Crippen molar-refractivity contribution in [1.82, 2.24) is 24.6 Å². The van der Waals surface area contributed by atoms with Crippen molar-refractivity contribution in [2.75, 3.05) is 31.9 Å². The molecule has 1 aromatic heterocycles. The van der Waals surface area contributed by atoms with Crippen molar-refractivity contribution in [2.45, 2.75) is 36.9 Å². The van der Waals surface area contributed by atoms with Gasteiger partial charge >= 0.3 is 0 Å². The summed E-state index contributed by atoms with van der Waals surface area (Å²) in [6.45, 7) is 5.60. The van der Waals surface area contributed by atoms with E-state index in [0.717, 1.165) is 37.7 Å². The Morgan fingerprint density at radius 2 is 1.66 bits per heavy atom. The van der Waals surface area contributed by atoms with Gasteiger partial charge in [0, 0.05) is 38.1 Å². The van der Waals surface area contributed by atoms with E-state index >= 15 is 0 Å². The maximum absolute atomic E-state index is 12.9.